The number of rotatable bonds is 4. The highest BCUT2D eigenvalue weighted by atomic mass is 15.3. The largest absolute Gasteiger partial charge is 0.313 e. The van der Waals surface area contributed by atoms with Gasteiger partial charge in [0.25, 0.3) is 0 Å². The summed E-state index contributed by atoms with van der Waals surface area (Å²) in [5.41, 5.74) is 0. The molecule has 116 valence electrons. The lowest BCUT2D eigenvalue weighted by atomic mass is 9.94. The molecule has 3 aliphatic heterocycles. The molecular formula is C17H33N3. The van der Waals surface area contributed by atoms with Gasteiger partial charge in [-0.05, 0) is 66.0 Å². The molecule has 0 spiro atoms. The summed E-state index contributed by atoms with van der Waals surface area (Å²) in [5.74, 6) is 0. The molecule has 3 aliphatic rings. The third kappa shape index (κ3) is 3.05. The highest BCUT2D eigenvalue weighted by Crippen LogP contribution is 2.37. The average molecular weight is 279 g/mol. The summed E-state index contributed by atoms with van der Waals surface area (Å²) in [5, 5.41) is 3.74. The summed E-state index contributed by atoms with van der Waals surface area (Å²) in [4.78, 5) is 5.48. The van der Waals surface area contributed by atoms with Gasteiger partial charge in [-0.3, -0.25) is 4.90 Å². The normalized spacial score (nSPS) is 38.9. The summed E-state index contributed by atoms with van der Waals surface area (Å²) < 4.78 is 0. The second-order valence-corrected chi connectivity index (χ2v) is 7.61. The maximum atomic E-state index is 3.74. The van der Waals surface area contributed by atoms with Crippen molar-refractivity contribution in [3.8, 4) is 0 Å². The van der Waals surface area contributed by atoms with E-state index in [2.05, 4.69) is 36.0 Å². The van der Waals surface area contributed by atoms with Crippen LogP contribution in [0.3, 0.4) is 0 Å². The van der Waals surface area contributed by atoms with Gasteiger partial charge in [0.15, 0.2) is 0 Å². The van der Waals surface area contributed by atoms with Crippen molar-refractivity contribution in [1.82, 2.24) is 15.1 Å². The summed E-state index contributed by atoms with van der Waals surface area (Å²) in [6.45, 7) is 7.28. The average Bonchev–Trinajstić information content (AvgIpc) is 2.66. The van der Waals surface area contributed by atoms with Crippen molar-refractivity contribution in [2.24, 2.45) is 0 Å². The minimum absolute atomic E-state index is 0.687. The monoisotopic (exact) mass is 279 g/mol. The van der Waals surface area contributed by atoms with Crippen LogP contribution in [0.25, 0.3) is 0 Å². The zero-order chi connectivity index (χ0) is 14.1. The van der Waals surface area contributed by atoms with Crippen LogP contribution in [0.4, 0.5) is 0 Å². The maximum Gasteiger partial charge on any atom is 0.0195 e. The Morgan fingerprint density at radius 2 is 1.80 bits per heavy atom. The van der Waals surface area contributed by atoms with Crippen LogP contribution in [0, 0.1) is 0 Å². The smallest absolute Gasteiger partial charge is 0.0195 e. The molecule has 3 fully saturated rings. The summed E-state index contributed by atoms with van der Waals surface area (Å²) in [6.07, 6.45) is 9.84. The van der Waals surface area contributed by atoms with Gasteiger partial charge in [-0.1, -0.05) is 6.42 Å². The summed E-state index contributed by atoms with van der Waals surface area (Å²) in [7, 11) is 2.35. The first-order valence-corrected chi connectivity index (χ1v) is 8.86. The number of piperidine rings is 2. The van der Waals surface area contributed by atoms with Gasteiger partial charge in [0.05, 0.1) is 0 Å². The van der Waals surface area contributed by atoms with Crippen molar-refractivity contribution < 1.29 is 0 Å². The van der Waals surface area contributed by atoms with E-state index in [0.717, 1.165) is 24.2 Å². The summed E-state index contributed by atoms with van der Waals surface area (Å²) >= 11 is 0. The standard InChI is InChI=1S/C17H33N3/c1-13(2)20(12-14-6-4-5-9-18-14)17-10-15-7-8-16(11-17)19(15)3/h13-18H,4-12H2,1-3H3. The summed E-state index contributed by atoms with van der Waals surface area (Å²) in [6, 6.07) is 3.97. The van der Waals surface area contributed by atoms with E-state index in [0.29, 0.717) is 6.04 Å². The van der Waals surface area contributed by atoms with Crippen LogP contribution >= 0.6 is 0 Å². The Morgan fingerprint density at radius 1 is 1.10 bits per heavy atom. The van der Waals surface area contributed by atoms with Crippen molar-refractivity contribution in [3.05, 3.63) is 0 Å². The number of fused-ring (bicyclic) bond motifs is 2. The molecule has 1 N–H and O–H groups in total. The van der Waals surface area contributed by atoms with Gasteiger partial charge in [-0.25, -0.2) is 0 Å². The quantitative estimate of drug-likeness (QED) is 0.853. The number of hydrogen-bond acceptors (Lipinski definition) is 3. The molecule has 0 saturated carbocycles. The highest BCUT2D eigenvalue weighted by molar-refractivity contribution is 4.98. The lowest BCUT2D eigenvalue weighted by Gasteiger charge is -2.45. The topological polar surface area (TPSA) is 18.5 Å². The minimum Gasteiger partial charge on any atom is -0.313 e. The van der Waals surface area contributed by atoms with Crippen LogP contribution in [0.5, 0.6) is 0 Å². The second-order valence-electron chi connectivity index (χ2n) is 7.61. The van der Waals surface area contributed by atoms with E-state index >= 15 is 0 Å². The van der Waals surface area contributed by atoms with Crippen LogP contribution in [-0.4, -0.2) is 60.1 Å². The molecule has 0 aromatic rings. The molecule has 3 heteroatoms. The van der Waals surface area contributed by atoms with Crippen molar-refractivity contribution in [3.63, 3.8) is 0 Å². The van der Waals surface area contributed by atoms with Gasteiger partial charge >= 0.3 is 0 Å². The Morgan fingerprint density at radius 3 is 2.35 bits per heavy atom. The number of nitrogens with one attached hydrogen (secondary N) is 1. The van der Waals surface area contributed by atoms with Gasteiger partial charge in [-0.15, -0.1) is 0 Å². The van der Waals surface area contributed by atoms with Crippen molar-refractivity contribution in [2.75, 3.05) is 20.1 Å². The highest BCUT2D eigenvalue weighted by Gasteiger charge is 2.41. The Balaban J connectivity index is 1.62. The first kappa shape index (κ1) is 14.8. The second kappa shape index (κ2) is 6.33. The van der Waals surface area contributed by atoms with Gasteiger partial charge < -0.3 is 10.2 Å². The molecule has 0 aromatic carbocycles. The Hall–Kier alpha value is -0.120. The van der Waals surface area contributed by atoms with E-state index < -0.39 is 0 Å². The van der Waals surface area contributed by atoms with E-state index in [-0.39, 0.29) is 0 Å². The van der Waals surface area contributed by atoms with Crippen molar-refractivity contribution in [2.45, 2.75) is 89.0 Å². The fraction of sp³-hybridized carbons (Fsp3) is 1.00. The molecule has 3 atom stereocenters. The van der Waals surface area contributed by atoms with Gasteiger partial charge in [-0.2, -0.15) is 0 Å². The fourth-order valence-corrected chi connectivity index (χ4v) is 4.77. The molecule has 0 aliphatic carbocycles. The lowest BCUT2D eigenvalue weighted by molar-refractivity contribution is 0.0481. The van der Waals surface area contributed by atoms with Crippen LogP contribution < -0.4 is 5.32 Å². The van der Waals surface area contributed by atoms with Crippen molar-refractivity contribution in [1.29, 1.82) is 0 Å². The van der Waals surface area contributed by atoms with E-state index in [1.165, 1.54) is 58.0 Å². The van der Waals surface area contributed by atoms with E-state index in [4.69, 9.17) is 0 Å². The van der Waals surface area contributed by atoms with E-state index in [1.54, 1.807) is 0 Å². The lowest BCUT2D eigenvalue weighted by Crippen LogP contribution is -2.54. The fourth-order valence-electron chi connectivity index (χ4n) is 4.77. The minimum atomic E-state index is 0.687. The van der Waals surface area contributed by atoms with Crippen LogP contribution in [-0.2, 0) is 0 Å². The van der Waals surface area contributed by atoms with Gasteiger partial charge in [0.2, 0.25) is 0 Å². The zero-order valence-electron chi connectivity index (χ0n) is 13.6. The number of nitrogens with zero attached hydrogens (tertiary/aromatic N) is 2. The Kier molecular flexibility index (Phi) is 4.68. The molecule has 2 bridgehead atoms. The van der Waals surface area contributed by atoms with Crippen LogP contribution in [0.15, 0.2) is 0 Å². The third-order valence-electron chi connectivity index (χ3n) is 6.05. The number of hydrogen-bond donors (Lipinski definition) is 1. The first-order chi connectivity index (χ1) is 9.65. The molecular weight excluding hydrogens is 246 g/mol. The van der Waals surface area contributed by atoms with Gasteiger partial charge in [0.1, 0.15) is 0 Å². The maximum absolute atomic E-state index is 3.74. The molecule has 3 rings (SSSR count). The molecule has 0 amide bonds. The van der Waals surface area contributed by atoms with E-state index in [9.17, 15) is 0 Å². The molecule has 0 aromatic heterocycles. The van der Waals surface area contributed by atoms with Crippen LogP contribution in [0.1, 0.15) is 58.8 Å². The molecule has 3 unspecified atom stereocenters. The van der Waals surface area contributed by atoms with Crippen molar-refractivity contribution >= 4 is 0 Å². The molecule has 3 heterocycles. The SMILES string of the molecule is CC(C)N(CC1CCCCN1)C1CC2CCC(C1)N2C. The van der Waals surface area contributed by atoms with Gasteiger partial charge in [0, 0.05) is 36.8 Å². The molecule has 20 heavy (non-hydrogen) atoms. The first-order valence-electron chi connectivity index (χ1n) is 8.86. The van der Waals surface area contributed by atoms with Crippen LogP contribution in [0.2, 0.25) is 0 Å². The predicted octanol–water partition coefficient (Wildman–Crippen LogP) is 2.46. The Labute approximate surface area is 125 Å². The molecule has 3 saturated heterocycles. The molecule has 0 radical (unpaired) electrons. The predicted molar refractivity (Wildman–Crippen MR) is 85.1 cm³/mol. The molecule has 3 nitrogen and oxygen atoms in total. The Bertz CT molecular complexity index is 297. The zero-order valence-corrected chi connectivity index (χ0v) is 13.6. The third-order valence-corrected chi connectivity index (χ3v) is 6.05. The van der Waals surface area contributed by atoms with E-state index in [1.807, 2.05) is 0 Å².